The van der Waals surface area contributed by atoms with Crippen molar-refractivity contribution in [1.82, 2.24) is 4.90 Å². The van der Waals surface area contributed by atoms with Gasteiger partial charge in [-0.25, -0.2) is 0 Å². The number of nitrogens with two attached hydrogens (primary N) is 1. The van der Waals surface area contributed by atoms with Gasteiger partial charge in [-0.05, 0) is 49.9 Å². The first-order valence-corrected chi connectivity index (χ1v) is 7.80. The molecule has 0 radical (unpaired) electrons. The average Bonchev–Trinajstić information content (AvgIpc) is 3.27. The van der Waals surface area contributed by atoms with E-state index >= 15 is 0 Å². The molecule has 0 bridgehead atoms. The minimum absolute atomic E-state index is 0.253. The van der Waals surface area contributed by atoms with Crippen LogP contribution >= 0.6 is 0 Å². The molecule has 0 aromatic heterocycles. The minimum Gasteiger partial charge on any atom is -0.399 e. The molecule has 116 valence electrons. The molecule has 4 heteroatoms. The summed E-state index contributed by atoms with van der Waals surface area (Å²) in [4.78, 5) is 16.7. The highest BCUT2D eigenvalue weighted by Gasteiger charge is 2.35. The van der Waals surface area contributed by atoms with Crippen LogP contribution in [0.2, 0.25) is 0 Å². The molecule has 2 rings (SSSR count). The summed E-state index contributed by atoms with van der Waals surface area (Å²) < 4.78 is 0. The van der Waals surface area contributed by atoms with E-state index in [2.05, 4.69) is 18.7 Å². The van der Waals surface area contributed by atoms with Crippen LogP contribution in [0.5, 0.6) is 0 Å². The SMILES string of the molecule is CC[C@H](C)N(Cc1cc(N)ccc1N(C)C)C(=O)C1CC1. The second-order valence-electron chi connectivity index (χ2n) is 6.28. The summed E-state index contributed by atoms with van der Waals surface area (Å²) in [6, 6.07) is 6.19. The summed E-state index contributed by atoms with van der Waals surface area (Å²) in [5.41, 5.74) is 8.93. The van der Waals surface area contributed by atoms with Gasteiger partial charge in [0.05, 0.1) is 0 Å². The molecule has 0 spiro atoms. The number of benzene rings is 1. The number of nitrogen functional groups attached to an aromatic ring is 1. The van der Waals surface area contributed by atoms with Crippen LogP contribution in [0, 0.1) is 5.92 Å². The molecule has 0 heterocycles. The van der Waals surface area contributed by atoms with Crippen molar-refractivity contribution < 1.29 is 4.79 Å². The molecule has 1 atom stereocenters. The third kappa shape index (κ3) is 3.69. The van der Waals surface area contributed by atoms with Gasteiger partial charge in [-0.3, -0.25) is 4.79 Å². The predicted molar refractivity (Wildman–Crippen MR) is 88.2 cm³/mol. The van der Waals surface area contributed by atoms with Crippen LogP contribution in [0.4, 0.5) is 11.4 Å². The van der Waals surface area contributed by atoms with Crippen LogP contribution in [-0.4, -0.2) is 30.9 Å². The van der Waals surface area contributed by atoms with Crippen molar-refractivity contribution in [3.05, 3.63) is 23.8 Å². The van der Waals surface area contributed by atoms with Gasteiger partial charge < -0.3 is 15.5 Å². The van der Waals surface area contributed by atoms with E-state index in [-0.39, 0.29) is 12.0 Å². The van der Waals surface area contributed by atoms with E-state index in [0.717, 1.165) is 36.2 Å². The number of anilines is 2. The molecular formula is C17H27N3O. The number of hydrogen-bond acceptors (Lipinski definition) is 3. The summed E-state index contributed by atoms with van der Waals surface area (Å²) in [6.45, 7) is 4.90. The van der Waals surface area contributed by atoms with E-state index in [1.54, 1.807) is 0 Å². The molecule has 1 fully saturated rings. The molecule has 21 heavy (non-hydrogen) atoms. The number of nitrogens with zero attached hydrogens (tertiary/aromatic N) is 2. The van der Waals surface area contributed by atoms with E-state index in [9.17, 15) is 4.79 Å². The van der Waals surface area contributed by atoms with Gasteiger partial charge in [-0.2, -0.15) is 0 Å². The number of hydrogen-bond donors (Lipinski definition) is 1. The zero-order valence-corrected chi connectivity index (χ0v) is 13.6. The quantitative estimate of drug-likeness (QED) is 0.819. The molecular weight excluding hydrogens is 262 g/mol. The molecule has 0 saturated heterocycles. The highest BCUT2D eigenvalue weighted by molar-refractivity contribution is 5.81. The Labute approximate surface area is 127 Å². The Morgan fingerprint density at radius 3 is 2.57 bits per heavy atom. The lowest BCUT2D eigenvalue weighted by Crippen LogP contribution is -2.39. The fourth-order valence-corrected chi connectivity index (χ4v) is 2.59. The van der Waals surface area contributed by atoms with Gasteiger partial charge in [0.2, 0.25) is 5.91 Å². The summed E-state index contributed by atoms with van der Waals surface area (Å²) in [7, 11) is 4.04. The Morgan fingerprint density at radius 1 is 1.38 bits per heavy atom. The second-order valence-corrected chi connectivity index (χ2v) is 6.28. The first-order valence-electron chi connectivity index (χ1n) is 7.80. The molecule has 1 aliphatic rings. The lowest BCUT2D eigenvalue weighted by Gasteiger charge is -2.30. The standard InChI is InChI=1S/C17H27N3O/c1-5-12(2)20(17(21)13-6-7-13)11-14-10-15(18)8-9-16(14)19(3)4/h8-10,12-13H,5-7,11,18H2,1-4H3/t12-/m0/s1. The summed E-state index contributed by atoms with van der Waals surface area (Å²) in [5.74, 6) is 0.555. The monoisotopic (exact) mass is 289 g/mol. The smallest absolute Gasteiger partial charge is 0.226 e. The van der Waals surface area contributed by atoms with Gasteiger partial charge in [-0.15, -0.1) is 0 Å². The number of amides is 1. The van der Waals surface area contributed by atoms with Crippen molar-refractivity contribution >= 4 is 17.3 Å². The van der Waals surface area contributed by atoms with Gasteiger partial charge >= 0.3 is 0 Å². The zero-order valence-electron chi connectivity index (χ0n) is 13.6. The van der Waals surface area contributed by atoms with Gasteiger partial charge in [0.15, 0.2) is 0 Å². The van der Waals surface area contributed by atoms with E-state index in [1.165, 1.54) is 0 Å². The highest BCUT2D eigenvalue weighted by Crippen LogP contribution is 2.33. The maximum absolute atomic E-state index is 12.6. The van der Waals surface area contributed by atoms with E-state index < -0.39 is 0 Å². The van der Waals surface area contributed by atoms with E-state index in [1.807, 2.05) is 37.2 Å². The van der Waals surface area contributed by atoms with Crippen molar-refractivity contribution in [2.75, 3.05) is 24.7 Å². The van der Waals surface area contributed by atoms with Crippen molar-refractivity contribution in [1.29, 1.82) is 0 Å². The topological polar surface area (TPSA) is 49.6 Å². The second kappa shape index (κ2) is 6.37. The lowest BCUT2D eigenvalue weighted by atomic mass is 10.1. The Hall–Kier alpha value is -1.71. The van der Waals surface area contributed by atoms with Crippen molar-refractivity contribution in [2.45, 2.75) is 45.7 Å². The molecule has 2 N–H and O–H groups in total. The molecule has 1 aromatic carbocycles. The van der Waals surface area contributed by atoms with E-state index in [4.69, 9.17) is 5.73 Å². The number of carbonyl (C=O) groups is 1. The molecule has 1 aromatic rings. The van der Waals surface area contributed by atoms with E-state index in [0.29, 0.717) is 12.5 Å². The van der Waals surface area contributed by atoms with Crippen LogP contribution in [-0.2, 0) is 11.3 Å². The van der Waals surface area contributed by atoms with Crippen LogP contribution < -0.4 is 10.6 Å². The fourth-order valence-electron chi connectivity index (χ4n) is 2.59. The van der Waals surface area contributed by atoms with Gasteiger partial charge in [0, 0.05) is 44.0 Å². The van der Waals surface area contributed by atoms with Crippen LogP contribution in [0.25, 0.3) is 0 Å². The first-order chi connectivity index (χ1) is 9.93. The first kappa shape index (κ1) is 15.7. The van der Waals surface area contributed by atoms with Crippen molar-refractivity contribution in [2.24, 2.45) is 5.92 Å². The summed E-state index contributed by atoms with van der Waals surface area (Å²) in [5, 5.41) is 0. The normalized spacial score (nSPS) is 15.6. The fraction of sp³-hybridized carbons (Fsp3) is 0.588. The summed E-state index contributed by atoms with van der Waals surface area (Å²) >= 11 is 0. The Balaban J connectivity index is 2.27. The molecule has 1 amide bonds. The van der Waals surface area contributed by atoms with Gasteiger partial charge in [0.1, 0.15) is 0 Å². The van der Waals surface area contributed by atoms with Crippen molar-refractivity contribution in [3.63, 3.8) is 0 Å². The molecule has 1 saturated carbocycles. The zero-order chi connectivity index (χ0) is 15.6. The van der Waals surface area contributed by atoms with Crippen LogP contribution in [0.3, 0.4) is 0 Å². The number of carbonyl (C=O) groups excluding carboxylic acids is 1. The summed E-state index contributed by atoms with van der Waals surface area (Å²) in [6.07, 6.45) is 3.06. The molecule has 1 aliphatic carbocycles. The van der Waals surface area contributed by atoms with Crippen LogP contribution in [0.15, 0.2) is 18.2 Å². The maximum Gasteiger partial charge on any atom is 0.226 e. The van der Waals surface area contributed by atoms with Gasteiger partial charge in [0.25, 0.3) is 0 Å². The Kier molecular flexibility index (Phi) is 4.76. The molecule has 4 nitrogen and oxygen atoms in total. The lowest BCUT2D eigenvalue weighted by molar-refractivity contribution is -0.135. The third-order valence-electron chi connectivity index (χ3n) is 4.26. The number of rotatable bonds is 6. The maximum atomic E-state index is 12.6. The highest BCUT2D eigenvalue weighted by atomic mass is 16.2. The minimum atomic E-state index is 0.253. The largest absolute Gasteiger partial charge is 0.399 e. The Morgan fingerprint density at radius 2 is 2.05 bits per heavy atom. The molecule has 0 aliphatic heterocycles. The molecule has 0 unspecified atom stereocenters. The Bertz CT molecular complexity index is 509. The average molecular weight is 289 g/mol. The van der Waals surface area contributed by atoms with Crippen molar-refractivity contribution in [3.8, 4) is 0 Å². The van der Waals surface area contributed by atoms with Crippen LogP contribution in [0.1, 0.15) is 38.7 Å². The predicted octanol–water partition coefficient (Wildman–Crippen LogP) is 2.87. The van der Waals surface area contributed by atoms with Gasteiger partial charge in [-0.1, -0.05) is 6.92 Å². The third-order valence-corrected chi connectivity index (χ3v) is 4.26.